The Kier molecular flexibility index (Phi) is 12.9. The summed E-state index contributed by atoms with van der Waals surface area (Å²) in [6.45, 7) is 7.50. The SMILES string of the molecule is CCOC(=O)c1ccc(NC(=O)COc2ccc(C=NNC(=O)C(NC(=O)c3ccc(OC)cc3)C(C)C)cc2OCC)cc1. The van der Waals surface area contributed by atoms with Crippen LogP contribution in [0.1, 0.15) is 54.0 Å². The van der Waals surface area contributed by atoms with E-state index < -0.39 is 29.7 Å². The molecule has 12 nitrogen and oxygen atoms in total. The van der Waals surface area contributed by atoms with Crippen LogP contribution >= 0.6 is 0 Å². The second-order valence-corrected chi connectivity index (χ2v) is 9.93. The third-order valence-electron chi connectivity index (χ3n) is 6.28. The molecule has 1 unspecified atom stereocenters. The van der Waals surface area contributed by atoms with E-state index in [0.29, 0.717) is 46.2 Å². The number of carbonyl (C=O) groups excluding carboxylic acids is 4. The number of hydrogen-bond acceptors (Lipinski definition) is 9. The van der Waals surface area contributed by atoms with Crippen LogP contribution in [-0.4, -0.2) is 62.9 Å². The largest absolute Gasteiger partial charge is 0.497 e. The Morgan fingerprint density at radius 3 is 2.16 bits per heavy atom. The van der Waals surface area contributed by atoms with E-state index in [1.165, 1.54) is 13.3 Å². The van der Waals surface area contributed by atoms with Crippen molar-refractivity contribution < 1.29 is 38.1 Å². The molecule has 3 rings (SSSR count). The summed E-state index contributed by atoms with van der Waals surface area (Å²) in [5.41, 5.74) is 4.35. The molecule has 0 saturated heterocycles. The number of nitrogens with one attached hydrogen (secondary N) is 3. The number of ether oxygens (including phenoxy) is 4. The molecule has 0 bridgehead atoms. The molecule has 12 heteroatoms. The van der Waals surface area contributed by atoms with Gasteiger partial charge in [-0.2, -0.15) is 5.10 Å². The number of anilines is 1. The molecule has 0 saturated carbocycles. The topological polar surface area (TPSA) is 154 Å². The fourth-order valence-corrected chi connectivity index (χ4v) is 3.98. The summed E-state index contributed by atoms with van der Waals surface area (Å²) in [4.78, 5) is 49.8. The maximum absolute atomic E-state index is 12.9. The number of methoxy groups -OCH3 is 1. The molecule has 1 atom stereocenters. The molecule has 3 N–H and O–H groups in total. The van der Waals surface area contributed by atoms with Crippen LogP contribution in [0.3, 0.4) is 0 Å². The lowest BCUT2D eigenvalue weighted by atomic mass is 10.0. The zero-order chi connectivity index (χ0) is 32.8. The van der Waals surface area contributed by atoms with E-state index in [1.54, 1.807) is 73.7 Å². The first kappa shape index (κ1) is 34.1. The first-order valence-electron chi connectivity index (χ1n) is 14.4. The zero-order valence-corrected chi connectivity index (χ0v) is 25.9. The highest BCUT2D eigenvalue weighted by Crippen LogP contribution is 2.28. The van der Waals surface area contributed by atoms with Crippen molar-refractivity contribution in [3.63, 3.8) is 0 Å². The van der Waals surface area contributed by atoms with Crippen LogP contribution in [0.4, 0.5) is 5.69 Å². The van der Waals surface area contributed by atoms with Crippen molar-refractivity contribution in [2.24, 2.45) is 11.0 Å². The van der Waals surface area contributed by atoms with Gasteiger partial charge < -0.3 is 29.6 Å². The fraction of sp³-hybridized carbons (Fsp3) is 0.303. The molecule has 0 fully saturated rings. The maximum atomic E-state index is 12.9. The van der Waals surface area contributed by atoms with Gasteiger partial charge >= 0.3 is 5.97 Å². The minimum absolute atomic E-state index is 0.204. The van der Waals surface area contributed by atoms with E-state index in [-0.39, 0.29) is 19.1 Å². The third-order valence-corrected chi connectivity index (χ3v) is 6.28. The molecular weight excluding hydrogens is 580 g/mol. The van der Waals surface area contributed by atoms with Crippen LogP contribution in [-0.2, 0) is 14.3 Å². The quantitative estimate of drug-likeness (QED) is 0.130. The molecule has 0 spiro atoms. The summed E-state index contributed by atoms with van der Waals surface area (Å²) in [5.74, 6) is -0.585. The number of hydrazone groups is 1. The standard InChI is InChI=1S/C33H38N4O8/c1-6-43-28-18-22(8-17-27(28)45-20-29(38)35-25-13-9-24(10-14-25)33(41)44-7-2)19-34-37-32(40)30(21(3)4)36-31(39)23-11-15-26(42-5)16-12-23/h8-19,21,30H,6-7,20H2,1-5H3,(H,35,38)(H,36,39)(H,37,40). The summed E-state index contributed by atoms with van der Waals surface area (Å²) in [6, 6.07) is 17.0. The maximum Gasteiger partial charge on any atom is 0.338 e. The molecular formula is C33H38N4O8. The van der Waals surface area contributed by atoms with E-state index in [4.69, 9.17) is 18.9 Å². The molecule has 3 aromatic carbocycles. The Balaban J connectivity index is 1.57. The van der Waals surface area contributed by atoms with Gasteiger partial charge in [-0.15, -0.1) is 0 Å². The minimum Gasteiger partial charge on any atom is -0.497 e. The van der Waals surface area contributed by atoms with E-state index in [2.05, 4.69) is 21.2 Å². The highest BCUT2D eigenvalue weighted by Gasteiger charge is 2.24. The van der Waals surface area contributed by atoms with Gasteiger partial charge in [-0.05, 0) is 92.1 Å². The van der Waals surface area contributed by atoms with Crippen molar-refractivity contribution >= 4 is 35.6 Å². The van der Waals surface area contributed by atoms with Gasteiger partial charge in [0.2, 0.25) is 0 Å². The Hall–Kier alpha value is -5.39. The monoisotopic (exact) mass is 618 g/mol. The lowest BCUT2D eigenvalue weighted by Gasteiger charge is -2.20. The molecule has 3 aromatic rings. The van der Waals surface area contributed by atoms with Gasteiger partial charge in [0, 0.05) is 11.3 Å². The van der Waals surface area contributed by atoms with Crippen LogP contribution in [0.25, 0.3) is 0 Å². The first-order valence-corrected chi connectivity index (χ1v) is 14.4. The van der Waals surface area contributed by atoms with Gasteiger partial charge in [0.25, 0.3) is 17.7 Å². The molecule has 45 heavy (non-hydrogen) atoms. The minimum atomic E-state index is -0.826. The summed E-state index contributed by atoms with van der Waals surface area (Å²) in [7, 11) is 1.54. The van der Waals surface area contributed by atoms with Crippen molar-refractivity contribution in [3.8, 4) is 17.2 Å². The van der Waals surface area contributed by atoms with Crippen molar-refractivity contribution in [2.45, 2.75) is 33.7 Å². The third kappa shape index (κ3) is 10.4. The van der Waals surface area contributed by atoms with Crippen LogP contribution in [0.2, 0.25) is 0 Å². The average Bonchev–Trinajstić information content (AvgIpc) is 3.03. The van der Waals surface area contributed by atoms with Crippen LogP contribution < -0.4 is 30.3 Å². The van der Waals surface area contributed by atoms with Crippen molar-refractivity contribution in [1.29, 1.82) is 0 Å². The van der Waals surface area contributed by atoms with Crippen LogP contribution in [0.15, 0.2) is 71.8 Å². The Bertz CT molecular complexity index is 1490. The summed E-state index contributed by atoms with van der Waals surface area (Å²) >= 11 is 0. The Labute approximate surface area is 262 Å². The molecule has 0 aliphatic rings. The second kappa shape index (κ2) is 17.0. The number of carbonyl (C=O) groups is 4. The molecule has 0 aromatic heterocycles. The van der Waals surface area contributed by atoms with Gasteiger partial charge in [0.1, 0.15) is 11.8 Å². The smallest absolute Gasteiger partial charge is 0.338 e. The Morgan fingerprint density at radius 1 is 0.844 bits per heavy atom. The number of benzene rings is 3. The lowest BCUT2D eigenvalue weighted by Crippen LogP contribution is -2.48. The Morgan fingerprint density at radius 2 is 1.53 bits per heavy atom. The first-order chi connectivity index (χ1) is 21.6. The highest BCUT2D eigenvalue weighted by atomic mass is 16.5. The molecule has 0 aliphatic heterocycles. The van der Waals surface area contributed by atoms with Crippen LogP contribution in [0, 0.1) is 5.92 Å². The summed E-state index contributed by atoms with van der Waals surface area (Å²) in [6.07, 6.45) is 1.43. The van der Waals surface area contributed by atoms with Crippen molar-refractivity contribution in [2.75, 3.05) is 32.2 Å². The average molecular weight is 619 g/mol. The van der Waals surface area contributed by atoms with Crippen molar-refractivity contribution in [1.82, 2.24) is 10.7 Å². The van der Waals surface area contributed by atoms with Gasteiger partial charge in [-0.25, -0.2) is 10.2 Å². The number of esters is 1. The molecule has 0 radical (unpaired) electrons. The molecule has 0 aliphatic carbocycles. The normalized spacial score (nSPS) is 11.4. The molecule has 0 heterocycles. The van der Waals surface area contributed by atoms with Crippen LogP contribution in [0.5, 0.6) is 17.2 Å². The lowest BCUT2D eigenvalue weighted by molar-refractivity contribution is -0.124. The van der Waals surface area contributed by atoms with E-state index in [1.807, 2.05) is 20.8 Å². The predicted octanol–water partition coefficient (Wildman–Crippen LogP) is 4.19. The van der Waals surface area contributed by atoms with E-state index >= 15 is 0 Å². The zero-order valence-electron chi connectivity index (χ0n) is 25.9. The number of rotatable bonds is 15. The second-order valence-electron chi connectivity index (χ2n) is 9.93. The fourth-order valence-electron chi connectivity index (χ4n) is 3.98. The highest BCUT2D eigenvalue weighted by molar-refractivity contribution is 5.98. The van der Waals surface area contributed by atoms with E-state index in [9.17, 15) is 19.2 Å². The van der Waals surface area contributed by atoms with Gasteiger partial charge in [0.05, 0.1) is 32.1 Å². The number of nitrogens with zero attached hydrogens (tertiary/aromatic N) is 1. The van der Waals surface area contributed by atoms with Gasteiger partial charge in [-0.1, -0.05) is 13.8 Å². The van der Waals surface area contributed by atoms with Gasteiger partial charge in [-0.3, -0.25) is 14.4 Å². The number of hydrogen-bond donors (Lipinski definition) is 3. The van der Waals surface area contributed by atoms with Gasteiger partial charge in [0.15, 0.2) is 18.1 Å². The summed E-state index contributed by atoms with van der Waals surface area (Å²) in [5, 5.41) is 9.50. The summed E-state index contributed by atoms with van der Waals surface area (Å²) < 4.78 is 21.4. The number of amides is 3. The van der Waals surface area contributed by atoms with E-state index in [0.717, 1.165) is 0 Å². The molecule has 238 valence electrons. The predicted molar refractivity (Wildman–Crippen MR) is 169 cm³/mol. The molecule has 3 amide bonds. The van der Waals surface area contributed by atoms with Crippen molar-refractivity contribution in [3.05, 3.63) is 83.4 Å².